The number of aliphatic hydroxyl groups is 2. The highest BCUT2D eigenvalue weighted by Crippen LogP contribution is 2.54. The standard InChI is InChI=1S/C33H25NO9/c1-2-3-4-5-17-11-16-10-15-8-9-33(25(15)29(39)20(16)32(42)34-17)30(40)23-24(31(33)41)28(38)22-21(27(23)37)18(35)12-19(26(22)36)43-13-14-6-7-14/h2-5,10-12,14,39-41H,6-9,13H2,1H3,(H,34,42)/t33-/m0/s1. The average molecular weight is 580 g/mol. The molecule has 1 saturated carbocycles. The second kappa shape index (κ2) is 9.12. The summed E-state index contributed by atoms with van der Waals surface area (Å²) in [6.45, 7) is 2.04. The molecule has 0 bridgehead atoms. The van der Waals surface area contributed by atoms with Crippen LogP contribution in [-0.2, 0) is 11.8 Å². The van der Waals surface area contributed by atoms with Crippen molar-refractivity contribution >= 4 is 28.4 Å². The van der Waals surface area contributed by atoms with Gasteiger partial charge in [-0.2, -0.15) is 0 Å². The Morgan fingerprint density at radius 1 is 0.907 bits per heavy atom. The largest absolute Gasteiger partial charge is 0.510 e. The molecule has 1 heterocycles. The van der Waals surface area contributed by atoms with Gasteiger partial charge in [0.2, 0.25) is 16.3 Å². The first-order valence-electron chi connectivity index (χ1n) is 14.0. The number of phenols is 1. The minimum Gasteiger partial charge on any atom is -0.510 e. The Balaban J connectivity index is 1.52. The average Bonchev–Trinajstić information content (AvgIpc) is 3.67. The number of rotatable bonds is 5. The molecular formula is C33H25NO9. The van der Waals surface area contributed by atoms with Gasteiger partial charge in [-0.05, 0) is 61.6 Å². The van der Waals surface area contributed by atoms with Crippen molar-refractivity contribution in [2.24, 2.45) is 5.92 Å². The van der Waals surface area contributed by atoms with Crippen LogP contribution in [0.1, 0.15) is 43.0 Å². The highest BCUT2D eigenvalue weighted by Gasteiger charge is 2.53. The molecule has 0 amide bonds. The molecule has 1 fully saturated rings. The second-order valence-corrected chi connectivity index (χ2v) is 11.4. The third kappa shape index (κ3) is 3.55. The van der Waals surface area contributed by atoms with Gasteiger partial charge in [-0.15, -0.1) is 0 Å². The minimum atomic E-state index is -1.93. The van der Waals surface area contributed by atoms with E-state index in [-0.39, 0.29) is 42.1 Å². The molecule has 10 heteroatoms. The topological polar surface area (TPSA) is 171 Å². The molecule has 0 unspecified atom stereocenters. The minimum absolute atomic E-state index is 0.0186. The number of aryl methyl sites for hydroxylation is 1. The fourth-order valence-electron chi connectivity index (χ4n) is 6.58. The number of hydrogen-bond acceptors (Lipinski definition) is 9. The number of aromatic amines is 1. The lowest BCUT2D eigenvalue weighted by atomic mass is 9.78. The highest BCUT2D eigenvalue weighted by molar-refractivity contribution is 5.94. The van der Waals surface area contributed by atoms with Crippen LogP contribution in [-0.4, -0.2) is 26.9 Å². The van der Waals surface area contributed by atoms with Crippen LogP contribution in [0.2, 0.25) is 0 Å². The summed E-state index contributed by atoms with van der Waals surface area (Å²) < 4.78 is 5.50. The number of aromatic hydroxyl groups is 1. The lowest BCUT2D eigenvalue weighted by molar-refractivity contribution is 0.296. The van der Waals surface area contributed by atoms with E-state index in [4.69, 9.17) is 4.74 Å². The second-order valence-electron chi connectivity index (χ2n) is 11.4. The van der Waals surface area contributed by atoms with Crippen molar-refractivity contribution in [3.8, 4) is 11.5 Å². The van der Waals surface area contributed by atoms with Crippen LogP contribution in [0.25, 0.3) is 28.4 Å². The zero-order chi connectivity index (χ0) is 30.4. The Hall–Kier alpha value is -5.25. The zero-order valence-corrected chi connectivity index (χ0v) is 22.9. The molecule has 43 heavy (non-hydrogen) atoms. The molecule has 10 nitrogen and oxygen atoms in total. The van der Waals surface area contributed by atoms with Crippen LogP contribution in [0, 0.1) is 16.4 Å². The van der Waals surface area contributed by atoms with Crippen LogP contribution in [0.4, 0.5) is 0 Å². The molecule has 5 aliphatic carbocycles. The van der Waals surface area contributed by atoms with E-state index in [9.17, 15) is 39.3 Å². The van der Waals surface area contributed by atoms with Gasteiger partial charge in [-0.25, -0.2) is 0 Å². The number of H-pyrrole nitrogens is 1. The van der Waals surface area contributed by atoms with E-state index in [2.05, 4.69) is 4.98 Å². The Bertz CT molecular complexity index is 2460. The Morgan fingerprint density at radius 3 is 2.28 bits per heavy atom. The first kappa shape index (κ1) is 26.6. The van der Waals surface area contributed by atoms with Gasteiger partial charge in [-0.1, -0.05) is 24.3 Å². The molecule has 0 radical (unpaired) electrons. The van der Waals surface area contributed by atoms with Gasteiger partial charge >= 0.3 is 0 Å². The van der Waals surface area contributed by atoms with Crippen molar-refractivity contribution < 1.29 is 20.1 Å². The maximum Gasteiger partial charge on any atom is 0.260 e. The van der Waals surface area contributed by atoms with E-state index in [1.165, 1.54) is 0 Å². The van der Waals surface area contributed by atoms with Crippen LogP contribution >= 0.6 is 0 Å². The van der Waals surface area contributed by atoms with Gasteiger partial charge in [0.05, 0.1) is 32.9 Å². The summed E-state index contributed by atoms with van der Waals surface area (Å²) in [6, 6.07) is 4.21. The van der Waals surface area contributed by atoms with E-state index < -0.39 is 70.8 Å². The number of ether oxygens (including phenoxy) is 1. The molecule has 0 saturated heterocycles. The molecular weight excluding hydrogens is 554 g/mol. The van der Waals surface area contributed by atoms with Crippen molar-refractivity contribution in [2.45, 2.75) is 38.0 Å². The number of aromatic nitrogens is 1. The SMILES string of the molecule is CC=CC=Cc1cc2cc3c(c(O)c2c(=O)[nH]1)[C@@]1(CC3)C(O)=c2c(=O)c3c(=O)cc(OCC4CC4)c(=O)c=3c(=O)c2=C1O. The van der Waals surface area contributed by atoms with Gasteiger partial charge in [-0.3, -0.25) is 24.0 Å². The zero-order valence-electron chi connectivity index (χ0n) is 22.9. The predicted octanol–water partition coefficient (Wildman–Crippen LogP) is 0.883. The van der Waals surface area contributed by atoms with E-state index >= 15 is 0 Å². The summed E-state index contributed by atoms with van der Waals surface area (Å²) in [4.78, 5) is 69.6. The molecule has 1 aromatic heterocycles. The number of nitrogens with one attached hydrogen (secondary N) is 1. The van der Waals surface area contributed by atoms with Crippen molar-refractivity contribution in [3.05, 3.63) is 125 Å². The number of hydrogen-bond donors (Lipinski definition) is 4. The number of fused-ring (bicyclic) bond motifs is 4. The molecule has 5 aliphatic rings. The van der Waals surface area contributed by atoms with Gasteiger partial charge in [0.25, 0.3) is 5.56 Å². The number of allylic oxidation sites excluding steroid dienone is 3. The summed E-state index contributed by atoms with van der Waals surface area (Å²) in [5, 5.41) is 32.4. The number of benzene rings is 1. The third-order valence-electron chi connectivity index (χ3n) is 8.81. The van der Waals surface area contributed by atoms with Gasteiger partial charge < -0.3 is 25.0 Å². The third-order valence-corrected chi connectivity index (χ3v) is 8.81. The van der Waals surface area contributed by atoms with Crippen LogP contribution in [0.3, 0.4) is 0 Å². The van der Waals surface area contributed by atoms with E-state index in [0.29, 0.717) is 16.6 Å². The fourth-order valence-corrected chi connectivity index (χ4v) is 6.58. The molecule has 4 N–H and O–H groups in total. The Kier molecular flexibility index (Phi) is 5.65. The van der Waals surface area contributed by atoms with Crippen molar-refractivity contribution in [1.82, 2.24) is 4.98 Å². The first-order chi connectivity index (χ1) is 20.6. The van der Waals surface area contributed by atoms with Gasteiger partial charge in [0, 0.05) is 17.3 Å². The monoisotopic (exact) mass is 579 g/mol. The van der Waals surface area contributed by atoms with Gasteiger partial charge in [0.1, 0.15) is 22.7 Å². The van der Waals surface area contributed by atoms with E-state index in [1.807, 2.05) is 13.0 Å². The maximum atomic E-state index is 13.8. The summed E-state index contributed by atoms with van der Waals surface area (Å²) >= 11 is 0. The lowest BCUT2D eigenvalue weighted by Gasteiger charge is -2.27. The quantitative estimate of drug-likeness (QED) is 0.251. The van der Waals surface area contributed by atoms with Crippen LogP contribution in [0.5, 0.6) is 11.5 Å². The first-order valence-corrected chi connectivity index (χ1v) is 14.0. The molecule has 1 spiro atoms. The summed E-state index contributed by atoms with van der Waals surface area (Å²) in [5.74, 6) is -2.07. The lowest BCUT2D eigenvalue weighted by Crippen LogP contribution is -2.52. The normalized spacial score (nSPS) is 19.5. The summed E-state index contributed by atoms with van der Waals surface area (Å²) in [6.07, 6.45) is 9.02. The fraction of sp³-hybridized carbons (Fsp3) is 0.242. The maximum absolute atomic E-state index is 13.8. The number of phenolic OH excluding ortho intramolecular Hbond substituents is 1. The molecule has 7 rings (SSSR count). The highest BCUT2D eigenvalue weighted by atomic mass is 16.5. The Morgan fingerprint density at radius 2 is 1.60 bits per heavy atom. The van der Waals surface area contributed by atoms with Crippen molar-refractivity contribution in [1.29, 1.82) is 0 Å². The molecule has 1 atom stereocenters. The number of pyridine rings is 1. The van der Waals surface area contributed by atoms with Crippen LogP contribution in [0.15, 0.2) is 60.4 Å². The van der Waals surface area contributed by atoms with Crippen molar-refractivity contribution in [2.75, 3.05) is 6.61 Å². The molecule has 2 aromatic rings. The van der Waals surface area contributed by atoms with Crippen molar-refractivity contribution in [3.63, 3.8) is 0 Å². The smallest absolute Gasteiger partial charge is 0.260 e. The predicted molar refractivity (Wildman–Crippen MR) is 159 cm³/mol. The molecule has 1 aromatic carbocycles. The van der Waals surface area contributed by atoms with E-state index in [1.54, 1.807) is 30.4 Å². The van der Waals surface area contributed by atoms with E-state index in [0.717, 1.165) is 18.9 Å². The Labute approximate surface area is 240 Å². The molecule has 0 aliphatic heterocycles. The van der Waals surface area contributed by atoms with Crippen LogP contribution < -0.4 is 42.4 Å². The summed E-state index contributed by atoms with van der Waals surface area (Å²) in [7, 11) is 0. The molecule has 216 valence electrons. The number of aliphatic hydroxyl groups excluding tert-OH is 2. The summed E-state index contributed by atoms with van der Waals surface area (Å²) in [5.41, 5.74) is -5.63. The van der Waals surface area contributed by atoms with Gasteiger partial charge in [0.15, 0.2) is 11.2 Å².